The first-order chi connectivity index (χ1) is 17.6. The number of likely N-dealkylation sites (tertiary alicyclic amines) is 1. The first kappa shape index (κ1) is 23.2. The third kappa shape index (κ3) is 4.08. The number of hydrogen-bond donors (Lipinski definition) is 2. The fourth-order valence-corrected chi connectivity index (χ4v) is 6.85. The number of nitrogens with zero attached hydrogens (tertiary/aromatic N) is 2. The number of carbonyl (C=O) groups is 1. The van der Waals surface area contributed by atoms with Crippen molar-refractivity contribution in [2.75, 3.05) is 18.5 Å². The lowest BCUT2D eigenvalue weighted by Gasteiger charge is -2.32. The van der Waals surface area contributed by atoms with Gasteiger partial charge in [-0.2, -0.15) is 0 Å². The summed E-state index contributed by atoms with van der Waals surface area (Å²) in [6.07, 6.45) is 4.82. The van der Waals surface area contributed by atoms with Crippen LogP contribution in [0.5, 0.6) is 0 Å². The van der Waals surface area contributed by atoms with E-state index in [0.717, 1.165) is 29.1 Å². The number of carbonyl (C=O) groups excluding carboxylic acids is 1. The maximum atomic E-state index is 13.8. The van der Waals surface area contributed by atoms with Crippen LogP contribution in [0.3, 0.4) is 0 Å². The van der Waals surface area contributed by atoms with Gasteiger partial charge in [-0.15, -0.1) is 0 Å². The zero-order chi connectivity index (χ0) is 24.6. The van der Waals surface area contributed by atoms with E-state index >= 15 is 0 Å². The van der Waals surface area contributed by atoms with E-state index in [1.165, 1.54) is 25.7 Å². The molecule has 6 heteroatoms. The molecule has 6 nitrogen and oxygen atoms in total. The summed E-state index contributed by atoms with van der Waals surface area (Å²) in [4.78, 5) is 28.7. The third-order valence-electron chi connectivity index (χ3n) is 8.54. The number of benzene rings is 2. The van der Waals surface area contributed by atoms with Crippen LogP contribution in [0, 0.1) is 17.8 Å². The van der Waals surface area contributed by atoms with Crippen molar-refractivity contribution in [3.8, 4) is 11.1 Å². The molecule has 36 heavy (non-hydrogen) atoms. The van der Waals surface area contributed by atoms with Gasteiger partial charge in [-0.05, 0) is 48.1 Å². The molecule has 0 unspecified atom stereocenters. The van der Waals surface area contributed by atoms with Crippen molar-refractivity contribution in [3.63, 3.8) is 0 Å². The van der Waals surface area contributed by atoms with Crippen molar-refractivity contribution in [2.24, 2.45) is 17.8 Å². The van der Waals surface area contributed by atoms with Crippen LogP contribution in [0.4, 0.5) is 5.69 Å². The van der Waals surface area contributed by atoms with Crippen molar-refractivity contribution < 1.29 is 9.90 Å². The Morgan fingerprint density at radius 2 is 1.64 bits per heavy atom. The van der Waals surface area contributed by atoms with Gasteiger partial charge in [0.15, 0.2) is 0 Å². The Hall–Kier alpha value is -3.22. The van der Waals surface area contributed by atoms with E-state index in [0.29, 0.717) is 12.5 Å². The SMILES string of the molecule is O=C(Nc1ccc(-c2ccccc2)cc1)[C@@H]1[C@@H](CO)[C@@H]2Cn3c(cccc3=O)[C@@H]2N1CC1CCCC1. The van der Waals surface area contributed by atoms with Crippen LogP contribution in [-0.2, 0) is 11.3 Å². The lowest BCUT2D eigenvalue weighted by molar-refractivity contribution is -0.122. The minimum absolute atomic E-state index is 0.00101. The number of hydrogen-bond acceptors (Lipinski definition) is 4. The Kier molecular flexibility index (Phi) is 6.23. The van der Waals surface area contributed by atoms with E-state index in [1.54, 1.807) is 6.07 Å². The molecule has 1 saturated heterocycles. The number of amides is 1. The summed E-state index contributed by atoms with van der Waals surface area (Å²) >= 11 is 0. The monoisotopic (exact) mass is 483 g/mol. The molecule has 186 valence electrons. The van der Waals surface area contributed by atoms with Crippen molar-refractivity contribution in [3.05, 3.63) is 88.8 Å². The number of aliphatic hydroxyl groups is 1. The van der Waals surface area contributed by atoms with Crippen LogP contribution < -0.4 is 10.9 Å². The van der Waals surface area contributed by atoms with Gasteiger partial charge in [0.1, 0.15) is 0 Å². The molecule has 2 N–H and O–H groups in total. The number of nitrogens with one attached hydrogen (secondary N) is 1. The second kappa shape index (κ2) is 9.68. The highest BCUT2D eigenvalue weighted by Crippen LogP contribution is 2.50. The van der Waals surface area contributed by atoms with Crippen LogP contribution in [0.15, 0.2) is 77.6 Å². The highest BCUT2D eigenvalue weighted by molar-refractivity contribution is 5.95. The predicted molar refractivity (Wildman–Crippen MR) is 140 cm³/mol. The molecule has 1 aliphatic carbocycles. The summed E-state index contributed by atoms with van der Waals surface area (Å²) in [7, 11) is 0. The van der Waals surface area contributed by atoms with Crippen LogP contribution in [0.2, 0.25) is 0 Å². The first-order valence-electron chi connectivity index (χ1n) is 13.2. The van der Waals surface area contributed by atoms with E-state index in [4.69, 9.17) is 0 Å². The molecule has 4 atom stereocenters. The van der Waals surface area contributed by atoms with Gasteiger partial charge in [0.25, 0.3) is 5.56 Å². The molecular formula is C30H33N3O3. The highest BCUT2D eigenvalue weighted by Gasteiger charge is 2.55. The highest BCUT2D eigenvalue weighted by atomic mass is 16.3. The molecule has 2 fully saturated rings. The predicted octanol–water partition coefficient (Wildman–Crippen LogP) is 4.31. The summed E-state index contributed by atoms with van der Waals surface area (Å²) in [6.45, 7) is 1.31. The van der Waals surface area contributed by atoms with Gasteiger partial charge < -0.3 is 15.0 Å². The van der Waals surface area contributed by atoms with Crippen LogP contribution >= 0.6 is 0 Å². The number of aromatic nitrogens is 1. The average molecular weight is 484 g/mol. The van der Waals surface area contributed by atoms with E-state index in [1.807, 2.05) is 59.2 Å². The van der Waals surface area contributed by atoms with Gasteiger partial charge in [0.2, 0.25) is 5.91 Å². The summed E-state index contributed by atoms with van der Waals surface area (Å²) in [5.74, 6) is 0.300. The molecule has 0 radical (unpaired) electrons. The molecule has 0 spiro atoms. The second-order valence-corrected chi connectivity index (χ2v) is 10.6. The Bertz CT molecular complexity index is 1280. The molecule has 3 aliphatic rings. The normalized spacial score (nSPS) is 25.6. The van der Waals surface area contributed by atoms with Crippen LogP contribution in [0.25, 0.3) is 11.1 Å². The smallest absolute Gasteiger partial charge is 0.250 e. The molecule has 0 bridgehead atoms. The Morgan fingerprint density at radius 3 is 2.36 bits per heavy atom. The molecule has 1 amide bonds. The molecule has 3 aromatic rings. The molecule has 3 heterocycles. The molecule has 1 saturated carbocycles. The maximum Gasteiger partial charge on any atom is 0.250 e. The van der Waals surface area contributed by atoms with Gasteiger partial charge in [0.05, 0.1) is 12.1 Å². The third-order valence-corrected chi connectivity index (χ3v) is 8.54. The zero-order valence-electron chi connectivity index (χ0n) is 20.4. The topological polar surface area (TPSA) is 74.6 Å². The van der Waals surface area contributed by atoms with Gasteiger partial charge >= 0.3 is 0 Å². The second-order valence-electron chi connectivity index (χ2n) is 10.6. The number of anilines is 1. The maximum absolute atomic E-state index is 13.8. The Labute approximate surface area is 211 Å². The van der Waals surface area contributed by atoms with Crippen molar-refractivity contribution >= 4 is 11.6 Å². The average Bonchev–Trinajstić information content (AvgIpc) is 3.62. The summed E-state index contributed by atoms with van der Waals surface area (Å²) in [5, 5.41) is 13.6. The van der Waals surface area contributed by atoms with Crippen molar-refractivity contribution in [2.45, 2.75) is 44.3 Å². The standard InChI is InChI=1S/C30H33N3O3/c34-19-25-24-18-32-26(11-6-12-27(32)35)28(24)33(17-20-7-4-5-8-20)29(25)30(36)31-23-15-13-22(14-16-23)21-9-2-1-3-10-21/h1-3,6,9-16,20,24-25,28-29,34H,4-5,7-8,17-19H2,(H,31,36)/t24-,25-,28+,29-/m0/s1. The number of fused-ring (bicyclic) bond motifs is 3. The van der Waals surface area contributed by atoms with Gasteiger partial charge in [-0.3, -0.25) is 14.5 Å². The largest absolute Gasteiger partial charge is 0.396 e. The van der Waals surface area contributed by atoms with Gasteiger partial charge in [0, 0.05) is 49.0 Å². The molecular weight excluding hydrogens is 450 g/mol. The molecule has 2 aliphatic heterocycles. The quantitative estimate of drug-likeness (QED) is 0.548. The van der Waals surface area contributed by atoms with E-state index in [9.17, 15) is 14.7 Å². The fourth-order valence-electron chi connectivity index (χ4n) is 6.85. The van der Waals surface area contributed by atoms with Crippen molar-refractivity contribution in [1.82, 2.24) is 9.47 Å². The minimum Gasteiger partial charge on any atom is -0.396 e. The van der Waals surface area contributed by atoms with E-state index < -0.39 is 6.04 Å². The van der Waals surface area contributed by atoms with Crippen LogP contribution in [-0.4, -0.2) is 39.7 Å². The Balaban J connectivity index is 1.29. The van der Waals surface area contributed by atoms with E-state index in [-0.39, 0.29) is 36.0 Å². The van der Waals surface area contributed by atoms with Gasteiger partial charge in [-0.1, -0.05) is 61.4 Å². The summed E-state index contributed by atoms with van der Waals surface area (Å²) < 4.78 is 1.84. The van der Waals surface area contributed by atoms with Gasteiger partial charge in [-0.25, -0.2) is 0 Å². The van der Waals surface area contributed by atoms with Crippen LogP contribution in [0.1, 0.15) is 37.4 Å². The molecule has 1 aromatic heterocycles. The summed E-state index contributed by atoms with van der Waals surface area (Å²) in [6, 6.07) is 23.1. The number of aliphatic hydroxyl groups excluding tert-OH is 1. The Morgan fingerprint density at radius 1 is 0.917 bits per heavy atom. The fraction of sp³-hybridized carbons (Fsp3) is 0.400. The van der Waals surface area contributed by atoms with E-state index in [2.05, 4.69) is 22.3 Å². The number of pyridine rings is 1. The minimum atomic E-state index is -0.427. The first-order valence-corrected chi connectivity index (χ1v) is 13.2. The lowest BCUT2D eigenvalue weighted by atomic mass is 9.88. The lowest BCUT2D eigenvalue weighted by Crippen LogP contribution is -2.47. The number of rotatable bonds is 6. The summed E-state index contributed by atoms with van der Waals surface area (Å²) in [5.41, 5.74) is 3.97. The van der Waals surface area contributed by atoms with Crippen molar-refractivity contribution in [1.29, 1.82) is 0 Å². The zero-order valence-corrected chi connectivity index (χ0v) is 20.4. The molecule has 6 rings (SSSR count). The molecule has 2 aromatic carbocycles.